The fraction of sp³-hybridized carbons (Fsp3) is 0. The Hall–Kier alpha value is -0.595. The molecule has 0 bridgehead atoms. The van der Waals surface area contributed by atoms with E-state index in [-0.39, 0.29) is 0 Å². The first-order valence-corrected chi connectivity index (χ1v) is 1.24. The molecule has 0 heterocycles. The molecule has 0 aliphatic heterocycles. The van der Waals surface area contributed by atoms with E-state index in [1.165, 1.54) is 12.4 Å². The SMILES string of the molecule is [B]N/C=C\N. The van der Waals surface area contributed by atoms with Crippen molar-refractivity contribution in [1.29, 1.82) is 0 Å². The number of hydrogen-bond acceptors (Lipinski definition) is 2. The molecule has 0 aliphatic rings. The summed E-state index contributed by atoms with van der Waals surface area (Å²) < 4.78 is 0. The van der Waals surface area contributed by atoms with E-state index in [0.29, 0.717) is 0 Å². The first kappa shape index (κ1) is 4.40. The fourth-order valence-corrected chi connectivity index (χ4v) is 0.0556. The molecule has 0 rings (SSSR count). The van der Waals surface area contributed by atoms with E-state index < -0.39 is 0 Å². The van der Waals surface area contributed by atoms with Gasteiger partial charge in [-0.2, -0.15) is 0 Å². The minimum Gasteiger partial charge on any atom is -0.442 e. The van der Waals surface area contributed by atoms with Crippen LogP contribution in [0.2, 0.25) is 0 Å². The van der Waals surface area contributed by atoms with Gasteiger partial charge in [-0.15, -0.1) is 0 Å². The Balaban J connectivity index is 2.62. The van der Waals surface area contributed by atoms with Gasteiger partial charge in [0.15, 0.2) is 0 Å². The third-order valence-corrected chi connectivity index (χ3v) is 0.192. The van der Waals surface area contributed by atoms with Crippen molar-refractivity contribution in [2.24, 2.45) is 5.73 Å². The third-order valence-electron chi connectivity index (χ3n) is 0.192. The molecule has 0 fully saturated rings. The van der Waals surface area contributed by atoms with Crippen molar-refractivity contribution in [1.82, 2.24) is 5.23 Å². The monoisotopic (exact) mass is 68.1 g/mol. The topological polar surface area (TPSA) is 38.0 Å². The zero-order chi connectivity index (χ0) is 4.12. The van der Waals surface area contributed by atoms with Gasteiger partial charge in [-0.25, -0.2) is 0 Å². The van der Waals surface area contributed by atoms with Crippen molar-refractivity contribution < 1.29 is 0 Å². The quantitative estimate of drug-likeness (QED) is 0.390. The summed E-state index contributed by atoms with van der Waals surface area (Å²) in [5.74, 6) is 0. The first-order chi connectivity index (χ1) is 2.41. The second-order valence-electron chi connectivity index (χ2n) is 0.526. The summed E-state index contributed by atoms with van der Waals surface area (Å²) in [4.78, 5) is 0. The molecule has 0 aromatic rings. The molecule has 3 heteroatoms. The van der Waals surface area contributed by atoms with Gasteiger partial charge in [-0.3, -0.25) is 0 Å². The van der Waals surface area contributed by atoms with Gasteiger partial charge >= 0.3 is 0 Å². The van der Waals surface area contributed by atoms with E-state index in [1.54, 1.807) is 0 Å². The van der Waals surface area contributed by atoms with E-state index in [4.69, 9.17) is 13.7 Å². The molecule has 0 saturated heterocycles. The van der Waals surface area contributed by atoms with Crippen LogP contribution < -0.4 is 11.0 Å². The van der Waals surface area contributed by atoms with E-state index in [9.17, 15) is 0 Å². The average molecular weight is 67.9 g/mol. The Morgan fingerprint density at radius 3 is 2.40 bits per heavy atom. The van der Waals surface area contributed by atoms with Gasteiger partial charge in [0.2, 0.25) is 7.98 Å². The van der Waals surface area contributed by atoms with Gasteiger partial charge in [-0.05, 0) is 6.20 Å². The minimum atomic E-state index is 1.32. The standard InChI is InChI=1S/C2H5BN2/c3-5-2-1-4/h1-2,5H,4H2/b2-1-. The second-order valence-corrected chi connectivity index (χ2v) is 0.526. The Morgan fingerprint density at radius 2 is 2.40 bits per heavy atom. The van der Waals surface area contributed by atoms with Crippen LogP contribution in [0.4, 0.5) is 0 Å². The maximum Gasteiger partial charge on any atom is 0.221 e. The van der Waals surface area contributed by atoms with Crippen LogP contribution in [0.15, 0.2) is 12.4 Å². The zero-order valence-corrected chi connectivity index (χ0v) is 2.81. The van der Waals surface area contributed by atoms with Crippen molar-refractivity contribution in [3.63, 3.8) is 0 Å². The van der Waals surface area contributed by atoms with Crippen LogP contribution in [0.3, 0.4) is 0 Å². The molecule has 0 spiro atoms. The first-order valence-electron chi connectivity index (χ1n) is 1.24. The molecular weight excluding hydrogens is 62.8 g/mol. The number of nitrogens with one attached hydrogen (secondary N) is 1. The molecular formula is C2H5BN2. The highest BCUT2D eigenvalue weighted by atomic mass is 14.7. The molecule has 26 valence electrons. The zero-order valence-electron chi connectivity index (χ0n) is 2.81. The Bertz CT molecular complexity index is 34.6. The summed E-state index contributed by atoms with van der Waals surface area (Å²) >= 11 is 0. The van der Waals surface area contributed by atoms with Crippen molar-refractivity contribution in [2.45, 2.75) is 0 Å². The van der Waals surface area contributed by atoms with E-state index in [1.807, 2.05) is 0 Å². The lowest BCUT2D eigenvalue weighted by Crippen LogP contribution is -1.96. The number of nitrogens with two attached hydrogens (primary N) is 1. The lowest BCUT2D eigenvalue weighted by atomic mass is 10.4. The smallest absolute Gasteiger partial charge is 0.221 e. The summed E-state index contributed by atoms with van der Waals surface area (Å²) in [5.41, 5.74) is 4.82. The Morgan fingerprint density at radius 1 is 1.80 bits per heavy atom. The maximum atomic E-state index is 4.82. The van der Waals surface area contributed by atoms with Crippen molar-refractivity contribution in [3.8, 4) is 0 Å². The van der Waals surface area contributed by atoms with E-state index >= 15 is 0 Å². The van der Waals surface area contributed by atoms with Gasteiger partial charge in [0.25, 0.3) is 0 Å². The van der Waals surface area contributed by atoms with Gasteiger partial charge in [0.1, 0.15) is 0 Å². The van der Waals surface area contributed by atoms with Crippen molar-refractivity contribution >= 4 is 7.98 Å². The normalized spacial score (nSPS) is 8.80. The van der Waals surface area contributed by atoms with Crippen LogP contribution in [-0.2, 0) is 0 Å². The molecule has 0 aliphatic carbocycles. The van der Waals surface area contributed by atoms with Crippen LogP contribution >= 0.6 is 0 Å². The van der Waals surface area contributed by atoms with Crippen LogP contribution in [0.25, 0.3) is 0 Å². The van der Waals surface area contributed by atoms with Gasteiger partial charge in [-0.1, -0.05) is 0 Å². The summed E-state index contributed by atoms with van der Waals surface area (Å²) in [6.07, 6.45) is 2.75. The van der Waals surface area contributed by atoms with Gasteiger partial charge in [0.05, 0.1) is 0 Å². The predicted molar refractivity (Wildman–Crippen MR) is 22.2 cm³/mol. The highest BCUT2D eigenvalue weighted by Crippen LogP contribution is 1.40. The van der Waals surface area contributed by atoms with Crippen LogP contribution in [0.1, 0.15) is 0 Å². The maximum absolute atomic E-state index is 4.82. The summed E-state index contributed by atoms with van der Waals surface area (Å²) in [5, 5.41) is 2.21. The second kappa shape index (κ2) is 3.40. The van der Waals surface area contributed by atoms with Crippen LogP contribution in [-0.4, -0.2) is 7.98 Å². The summed E-state index contributed by atoms with van der Waals surface area (Å²) in [6, 6.07) is 0. The van der Waals surface area contributed by atoms with E-state index in [0.717, 1.165) is 0 Å². The van der Waals surface area contributed by atoms with E-state index in [2.05, 4.69) is 5.23 Å². The molecule has 2 radical (unpaired) electrons. The average Bonchev–Trinajstić information content (AvgIpc) is 1.41. The molecule has 0 aromatic carbocycles. The largest absolute Gasteiger partial charge is 0.442 e. The molecule has 0 aromatic heterocycles. The Kier molecular flexibility index (Phi) is 3.00. The molecule has 0 amide bonds. The molecule has 5 heavy (non-hydrogen) atoms. The van der Waals surface area contributed by atoms with Crippen LogP contribution in [0, 0.1) is 0 Å². The molecule has 0 atom stereocenters. The highest BCUT2D eigenvalue weighted by Gasteiger charge is 1.46. The minimum absolute atomic E-state index is 1.32. The van der Waals surface area contributed by atoms with Gasteiger partial charge < -0.3 is 11.0 Å². The Labute approximate surface area is 32.5 Å². The molecule has 0 unspecified atom stereocenters. The molecule has 2 nitrogen and oxygen atoms in total. The van der Waals surface area contributed by atoms with Crippen molar-refractivity contribution in [2.75, 3.05) is 0 Å². The third kappa shape index (κ3) is 3.40. The van der Waals surface area contributed by atoms with Gasteiger partial charge in [0, 0.05) is 6.20 Å². The highest BCUT2D eigenvalue weighted by molar-refractivity contribution is 6.05. The lowest BCUT2D eigenvalue weighted by molar-refractivity contribution is 1.35. The molecule has 0 saturated carbocycles. The summed E-state index contributed by atoms with van der Waals surface area (Å²) in [6.45, 7) is 0. The van der Waals surface area contributed by atoms with Crippen molar-refractivity contribution in [3.05, 3.63) is 12.4 Å². The molecule has 3 N–H and O–H groups in total. The number of rotatable bonds is 1. The fourth-order valence-electron chi connectivity index (χ4n) is 0.0556. The lowest BCUT2D eigenvalue weighted by Gasteiger charge is -1.75. The number of hydrogen-bond donors (Lipinski definition) is 2. The predicted octanol–water partition coefficient (Wildman–Crippen LogP) is -0.911. The van der Waals surface area contributed by atoms with Crippen LogP contribution in [0.5, 0.6) is 0 Å². The summed E-state index contributed by atoms with van der Waals surface area (Å²) in [7, 11) is 4.72.